The summed E-state index contributed by atoms with van der Waals surface area (Å²) in [6.07, 6.45) is 0.506. The highest BCUT2D eigenvalue weighted by Gasteiger charge is 2.33. The quantitative estimate of drug-likeness (QED) is 0.761. The topological polar surface area (TPSA) is 68.5 Å². The summed E-state index contributed by atoms with van der Waals surface area (Å²) in [6.45, 7) is 13.3. The molecule has 27 heavy (non-hydrogen) atoms. The van der Waals surface area contributed by atoms with E-state index < -0.39 is 5.60 Å². The predicted molar refractivity (Wildman–Crippen MR) is 104 cm³/mol. The summed E-state index contributed by atoms with van der Waals surface area (Å²) in [5.74, 6) is 1.14. The first-order valence-electron chi connectivity index (χ1n) is 9.45. The zero-order chi connectivity index (χ0) is 19.8. The number of carbonyl (C=O) groups is 1. The molecule has 6 nitrogen and oxygen atoms in total. The third-order valence-corrected chi connectivity index (χ3v) is 4.63. The summed E-state index contributed by atoms with van der Waals surface area (Å²) in [4.78, 5) is 13.9. The van der Waals surface area contributed by atoms with Crippen LogP contribution in [0.5, 0.6) is 0 Å². The molecule has 1 aromatic carbocycles. The second-order valence-corrected chi connectivity index (χ2v) is 9.18. The Morgan fingerprint density at radius 2 is 1.78 bits per heavy atom. The second kappa shape index (κ2) is 6.98. The van der Waals surface area contributed by atoms with E-state index in [1.165, 1.54) is 5.56 Å². The standard InChI is InChI=1S/C21H29N3O3/c1-20(2,3)16-9-7-14(8-10-16)17-22-23-18(26-17)15-11-12-24(13-15)19(25)27-21(4,5)6/h7-10,15H,11-13H2,1-6H3. The van der Waals surface area contributed by atoms with Crippen molar-refractivity contribution in [1.82, 2.24) is 15.1 Å². The van der Waals surface area contributed by atoms with Gasteiger partial charge in [0, 0.05) is 18.7 Å². The minimum absolute atomic E-state index is 0.0487. The van der Waals surface area contributed by atoms with E-state index in [0.29, 0.717) is 24.9 Å². The molecule has 1 aliphatic rings. The first-order valence-corrected chi connectivity index (χ1v) is 9.45. The summed E-state index contributed by atoms with van der Waals surface area (Å²) in [5, 5.41) is 8.42. The van der Waals surface area contributed by atoms with Crippen molar-refractivity contribution in [3.63, 3.8) is 0 Å². The predicted octanol–water partition coefficient (Wildman–Crippen LogP) is 4.76. The van der Waals surface area contributed by atoms with Crippen LogP contribution >= 0.6 is 0 Å². The minimum Gasteiger partial charge on any atom is -0.444 e. The van der Waals surface area contributed by atoms with Crippen LogP contribution in [0.1, 0.15) is 65.3 Å². The molecule has 2 aromatic rings. The molecular formula is C21H29N3O3. The van der Waals surface area contributed by atoms with Gasteiger partial charge in [0.2, 0.25) is 11.8 Å². The van der Waals surface area contributed by atoms with Gasteiger partial charge in [-0.3, -0.25) is 0 Å². The summed E-state index contributed by atoms with van der Waals surface area (Å²) in [5.41, 5.74) is 1.78. The fourth-order valence-corrected chi connectivity index (χ4v) is 3.08. The van der Waals surface area contributed by atoms with Crippen molar-refractivity contribution in [3.8, 4) is 11.5 Å². The zero-order valence-corrected chi connectivity index (χ0v) is 17.1. The van der Waals surface area contributed by atoms with Gasteiger partial charge in [0.15, 0.2) is 0 Å². The summed E-state index contributed by atoms with van der Waals surface area (Å²) >= 11 is 0. The highest BCUT2D eigenvalue weighted by Crippen LogP contribution is 2.30. The zero-order valence-electron chi connectivity index (χ0n) is 17.1. The monoisotopic (exact) mass is 371 g/mol. The van der Waals surface area contributed by atoms with Crippen molar-refractivity contribution in [3.05, 3.63) is 35.7 Å². The van der Waals surface area contributed by atoms with E-state index in [1.807, 2.05) is 32.9 Å². The first kappa shape index (κ1) is 19.4. The molecule has 146 valence electrons. The van der Waals surface area contributed by atoms with Crippen molar-refractivity contribution < 1.29 is 13.9 Å². The van der Waals surface area contributed by atoms with Crippen molar-refractivity contribution in [2.75, 3.05) is 13.1 Å². The maximum atomic E-state index is 12.2. The third kappa shape index (κ3) is 4.67. The maximum Gasteiger partial charge on any atom is 0.410 e. The van der Waals surface area contributed by atoms with E-state index in [4.69, 9.17) is 9.15 Å². The smallest absolute Gasteiger partial charge is 0.410 e. The molecule has 3 rings (SSSR count). The lowest BCUT2D eigenvalue weighted by atomic mass is 9.87. The highest BCUT2D eigenvalue weighted by molar-refractivity contribution is 5.68. The van der Waals surface area contributed by atoms with Gasteiger partial charge in [-0.15, -0.1) is 10.2 Å². The Bertz CT molecular complexity index is 797. The van der Waals surface area contributed by atoms with E-state index in [0.717, 1.165) is 12.0 Å². The van der Waals surface area contributed by atoms with Crippen molar-refractivity contribution in [2.24, 2.45) is 0 Å². The molecule has 0 aliphatic carbocycles. The Hall–Kier alpha value is -2.37. The number of likely N-dealkylation sites (tertiary alicyclic amines) is 1. The Labute approximate surface area is 160 Å². The van der Waals surface area contributed by atoms with Gasteiger partial charge in [0.05, 0.1) is 5.92 Å². The largest absolute Gasteiger partial charge is 0.444 e. The molecule has 1 aliphatic heterocycles. The van der Waals surface area contributed by atoms with Crippen LogP contribution in [0.15, 0.2) is 28.7 Å². The van der Waals surface area contributed by atoms with Gasteiger partial charge >= 0.3 is 6.09 Å². The highest BCUT2D eigenvalue weighted by atomic mass is 16.6. The molecule has 6 heteroatoms. The molecule has 1 amide bonds. The van der Waals surface area contributed by atoms with Crippen molar-refractivity contribution >= 4 is 6.09 Å². The first-order chi connectivity index (χ1) is 12.5. The summed E-state index contributed by atoms with van der Waals surface area (Å²) in [7, 11) is 0. The lowest BCUT2D eigenvalue weighted by Crippen LogP contribution is -2.35. The number of rotatable bonds is 2. The maximum absolute atomic E-state index is 12.2. The number of ether oxygens (including phenoxy) is 1. The number of amides is 1. The van der Waals surface area contributed by atoms with Crippen molar-refractivity contribution in [1.29, 1.82) is 0 Å². The van der Waals surface area contributed by atoms with Gasteiger partial charge in [0.25, 0.3) is 0 Å². The third-order valence-electron chi connectivity index (χ3n) is 4.63. The lowest BCUT2D eigenvalue weighted by molar-refractivity contribution is 0.0291. The Morgan fingerprint density at radius 1 is 1.11 bits per heavy atom. The SMILES string of the molecule is CC(C)(C)OC(=O)N1CCC(c2nnc(-c3ccc(C(C)(C)C)cc3)o2)C1. The molecule has 0 spiro atoms. The van der Waals surface area contributed by atoms with Crippen LogP contribution in [-0.4, -0.2) is 39.9 Å². The van der Waals surface area contributed by atoms with Crippen LogP contribution in [0, 0.1) is 0 Å². The van der Waals surface area contributed by atoms with Crippen LogP contribution in [0.2, 0.25) is 0 Å². The normalized spacial score (nSPS) is 18.0. The molecule has 0 radical (unpaired) electrons. The van der Waals surface area contributed by atoms with E-state index >= 15 is 0 Å². The fraction of sp³-hybridized carbons (Fsp3) is 0.571. The number of hydrogen-bond acceptors (Lipinski definition) is 5. The molecule has 1 aromatic heterocycles. The molecule has 2 heterocycles. The Morgan fingerprint density at radius 3 is 2.37 bits per heavy atom. The molecule has 0 bridgehead atoms. The van der Waals surface area contributed by atoms with E-state index in [-0.39, 0.29) is 17.4 Å². The molecular weight excluding hydrogens is 342 g/mol. The number of carbonyl (C=O) groups excluding carboxylic acids is 1. The average Bonchev–Trinajstić information content (AvgIpc) is 3.22. The van der Waals surface area contributed by atoms with Gasteiger partial charge in [-0.2, -0.15) is 0 Å². The summed E-state index contributed by atoms with van der Waals surface area (Å²) in [6, 6.07) is 8.22. The number of nitrogens with zero attached hydrogens (tertiary/aromatic N) is 3. The molecule has 1 fully saturated rings. The van der Waals surface area contributed by atoms with E-state index in [9.17, 15) is 4.79 Å². The lowest BCUT2D eigenvalue weighted by Gasteiger charge is -2.24. The molecule has 1 saturated heterocycles. The van der Waals surface area contributed by atoms with Crippen LogP contribution < -0.4 is 0 Å². The van der Waals surface area contributed by atoms with E-state index in [1.54, 1.807) is 4.90 Å². The number of aromatic nitrogens is 2. The molecule has 0 N–H and O–H groups in total. The number of benzene rings is 1. The Kier molecular flexibility index (Phi) is 5.02. The van der Waals surface area contributed by atoms with Gasteiger partial charge in [0.1, 0.15) is 5.60 Å². The number of hydrogen-bond donors (Lipinski definition) is 0. The van der Waals surface area contributed by atoms with Crippen LogP contribution in [-0.2, 0) is 10.2 Å². The molecule has 1 unspecified atom stereocenters. The van der Waals surface area contributed by atoms with Crippen LogP contribution in [0.3, 0.4) is 0 Å². The van der Waals surface area contributed by atoms with Gasteiger partial charge in [-0.1, -0.05) is 32.9 Å². The average molecular weight is 371 g/mol. The molecule has 1 atom stereocenters. The van der Waals surface area contributed by atoms with Crippen LogP contribution in [0.25, 0.3) is 11.5 Å². The molecule has 0 saturated carbocycles. The second-order valence-electron chi connectivity index (χ2n) is 9.18. The van der Waals surface area contributed by atoms with Crippen molar-refractivity contribution in [2.45, 2.75) is 64.9 Å². The van der Waals surface area contributed by atoms with Gasteiger partial charge in [-0.05, 0) is 50.3 Å². The van der Waals surface area contributed by atoms with Gasteiger partial charge < -0.3 is 14.1 Å². The van der Waals surface area contributed by atoms with E-state index in [2.05, 4.69) is 43.1 Å². The fourth-order valence-electron chi connectivity index (χ4n) is 3.08. The summed E-state index contributed by atoms with van der Waals surface area (Å²) < 4.78 is 11.3. The Balaban J connectivity index is 1.67. The minimum atomic E-state index is -0.494. The van der Waals surface area contributed by atoms with Crippen LogP contribution in [0.4, 0.5) is 4.79 Å². The van der Waals surface area contributed by atoms with Gasteiger partial charge in [-0.25, -0.2) is 4.79 Å².